The number of hydrogen-bond donors (Lipinski definition) is 1. The summed E-state index contributed by atoms with van der Waals surface area (Å²) in [5, 5.41) is 13.1. The number of ether oxygens (including phenoxy) is 1. The Morgan fingerprint density at radius 2 is 1.87 bits per heavy atom. The summed E-state index contributed by atoms with van der Waals surface area (Å²) in [6, 6.07) is 12.2. The molecule has 0 atom stereocenters. The van der Waals surface area contributed by atoms with Crippen LogP contribution in [0.5, 0.6) is 0 Å². The maximum atomic E-state index is 12.8. The molecule has 1 N–H and O–H groups in total. The number of rotatable bonds is 3. The van der Waals surface area contributed by atoms with Crippen LogP contribution in [0.2, 0.25) is 0 Å². The topological polar surface area (TPSA) is 83.5 Å². The van der Waals surface area contributed by atoms with Crippen LogP contribution in [0.25, 0.3) is 22.0 Å². The predicted molar refractivity (Wildman–Crippen MR) is 119 cm³/mol. The fourth-order valence-corrected chi connectivity index (χ4v) is 4.39. The first-order valence-corrected chi connectivity index (χ1v) is 10.8. The Labute approximate surface area is 181 Å². The van der Waals surface area contributed by atoms with Gasteiger partial charge in [0.1, 0.15) is 5.82 Å². The molecule has 8 nitrogen and oxygen atoms in total. The predicted octanol–water partition coefficient (Wildman–Crippen LogP) is 3.02. The number of hydrogen-bond acceptors (Lipinski definition) is 6. The molecule has 2 saturated heterocycles. The van der Waals surface area contributed by atoms with E-state index < -0.39 is 0 Å². The van der Waals surface area contributed by atoms with Crippen LogP contribution in [-0.2, 0) is 4.74 Å². The molecule has 2 aliphatic rings. The minimum absolute atomic E-state index is 0.0858. The number of nitrogens with zero attached hydrogens (tertiary/aromatic N) is 5. The van der Waals surface area contributed by atoms with Crippen LogP contribution in [0.4, 0.5) is 10.6 Å². The van der Waals surface area contributed by atoms with Gasteiger partial charge < -0.3 is 9.64 Å². The zero-order chi connectivity index (χ0) is 21.0. The largest absolute Gasteiger partial charge is 0.379 e. The molecule has 0 unspecified atom stereocenters. The van der Waals surface area contributed by atoms with Gasteiger partial charge in [0.05, 0.1) is 18.9 Å². The quantitative estimate of drug-likeness (QED) is 0.704. The first-order valence-electron chi connectivity index (χ1n) is 10.8. The second-order valence-electron chi connectivity index (χ2n) is 8.04. The molecule has 0 spiro atoms. The highest BCUT2D eigenvalue weighted by atomic mass is 16.5. The highest BCUT2D eigenvalue weighted by Gasteiger charge is 2.27. The summed E-state index contributed by atoms with van der Waals surface area (Å²) in [5.41, 5.74) is 1.80. The van der Waals surface area contributed by atoms with E-state index in [0.717, 1.165) is 74.3 Å². The number of morpholine rings is 1. The van der Waals surface area contributed by atoms with Crippen molar-refractivity contribution in [3.05, 3.63) is 48.8 Å². The summed E-state index contributed by atoms with van der Waals surface area (Å²) in [5.74, 6) is 0.559. The van der Waals surface area contributed by atoms with Crippen LogP contribution in [0.15, 0.2) is 48.8 Å². The molecule has 31 heavy (non-hydrogen) atoms. The fraction of sp³-hybridized carbons (Fsp3) is 0.391. The van der Waals surface area contributed by atoms with Gasteiger partial charge in [-0.15, -0.1) is 0 Å². The van der Waals surface area contributed by atoms with Gasteiger partial charge in [-0.3, -0.25) is 10.2 Å². The smallest absolute Gasteiger partial charge is 0.323 e. The minimum atomic E-state index is -0.0858. The van der Waals surface area contributed by atoms with Crippen molar-refractivity contribution in [1.29, 1.82) is 0 Å². The van der Waals surface area contributed by atoms with E-state index in [4.69, 9.17) is 4.74 Å². The highest BCUT2D eigenvalue weighted by Crippen LogP contribution is 2.24. The minimum Gasteiger partial charge on any atom is -0.379 e. The van der Waals surface area contributed by atoms with Gasteiger partial charge in [-0.1, -0.05) is 12.1 Å². The van der Waals surface area contributed by atoms with Gasteiger partial charge in [0.25, 0.3) is 0 Å². The summed E-state index contributed by atoms with van der Waals surface area (Å²) in [6.45, 7) is 5.14. The first kappa shape index (κ1) is 19.8. The van der Waals surface area contributed by atoms with Gasteiger partial charge in [-0.25, -0.2) is 9.78 Å². The number of likely N-dealkylation sites (tertiary alicyclic amines) is 1. The van der Waals surface area contributed by atoms with Crippen molar-refractivity contribution in [2.75, 3.05) is 44.7 Å². The van der Waals surface area contributed by atoms with E-state index in [1.54, 1.807) is 12.4 Å². The van der Waals surface area contributed by atoms with E-state index in [1.165, 1.54) is 0 Å². The molecule has 160 valence electrons. The summed E-state index contributed by atoms with van der Waals surface area (Å²) in [7, 11) is 0. The zero-order valence-corrected chi connectivity index (χ0v) is 17.4. The summed E-state index contributed by atoms with van der Waals surface area (Å²) in [4.78, 5) is 21.6. The number of benzene rings is 1. The second kappa shape index (κ2) is 8.95. The molecule has 0 bridgehead atoms. The lowest BCUT2D eigenvalue weighted by atomic mass is 10.0. The van der Waals surface area contributed by atoms with E-state index >= 15 is 0 Å². The van der Waals surface area contributed by atoms with E-state index in [-0.39, 0.29) is 6.03 Å². The third-order valence-electron chi connectivity index (χ3n) is 6.14. The van der Waals surface area contributed by atoms with Crippen LogP contribution in [-0.4, -0.2) is 76.4 Å². The van der Waals surface area contributed by atoms with Gasteiger partial charge in [-0.2, -0.15) is 10.2 Å². The molecule has 0 radical (unpaired) electrons. The zero-order valence-electron chi connectivity index (χ0n) is 17.4. The second-order valence-corrected chi connectivity index (χ2v) is 8.04. The highest BCUT2D eigenvalue weighted by molar-refractivity contribution is 5.93. The monoisotopic (exact) mass is 418 g/mol. The molecule has 2 amide bonds. The molecule has 0 saturated carbocycles. The summed E-state index contributed by atoms with van der Waals surface area (Å²) < 4.78 is 5.45. The van der Waals surface area contributed by atoms with Crippen molar-refractivity contribution in [2.45, 2.75) is 18.9 Å². The van der Waals surface area contributed by atoms with Gasteiger partial charge in [0.15, 0.2) is 0 Å². The Hall–Kier alpha value is -3.10. The lowest BCUT2D eigenvalue weighted by Crippen LogP contribution is -2.50. The number of amides is 2. The number of pyridine rings is 1. The Morgan fingerprint density at radius 3 is 2.65 bits per heavy atom. The van der Waals surface area contributed by atoms with Crippen molar-refractivity contribution < 1.29 is 9.53 Å². The number of carbonyl (C=O) groups is 1. The van der Waals surface area contributed by atoms with Gasteiger partial charge in [0.2, 0.25) is 0 Å². The molecular weight excluding hydrogens is 392 g/mol. The molecule has 3 aromatic rings. The molecule has 0 aliphatic carbocycles. The molecule has 1 aromatic carbocycles. The standard InChI is InChI=1S/C23H26N6O2/c30-23(29-8-5-20(6-9-29)28-10-12-31-13-11-28)26-22-15-19-14-17(3-4-18(19)16-24-22)21-2-1-7-25-27-21/h1-4,7,14-16,20H,5-6,8-13H2,(H,24,26,30). The number of anilines is 1. The van der Waals surface area contributed by atoms with E-state index in [9.17, 15) is 4.79 Å². The summed E-state index contributed by atoms with van der Waals surface area (Å²) in [6.07, 6.45) is 5.45. The Bertz CT molecular complexity index is 1050. The maximum absolute atomic E-state index is 12.8. The van der Waals surface area contributed by atoms with E-state index in [2.05, 4.69) is 25.4 Å². The molecular formula is C23H26N6O2. The average molecular weight is 419 g/mol. The number of carbonyl (C=O) groups excluding carboxylic acids is 1. The number of nitrogens with one attached hydrogen (secondary N) is 1. The van der Waals surface area contributed by atoms with Crippen molar-refractivity contribution in [3.8, 4) is 11.3 Å². The maximum Gasteiger partial charge on any atom is 0.323 e. The van der Waals surface area contributed by atoms with Crippen molar-refractivity contribution in [2.24, 2.45) is 0 Å². The average Bonchev–Trinajstić information content (AvgIpc) is 2.85. The van der Waals surface area contributed by atoms with Crippen molar-refractivity contribution >= 4 is 22.6 Å². The van der Waals surface area contributed by atoms with Crippen molar-refractivity contribution in [3.63, 3.8) is 0 Å². The van der Waals surface area contributed by atoms with Crippen LogP contribution < -0.4 is 5.32 Å². The number of fused-ring (bicyclic) bond motifs is 1. The third kappa shape index (κ3) is 4.50. The Balaban J connectivity index is 1.24. The van der Waals surface area contributed by atoms with Crippen LogP contribution in [0, 0.1) is 0 Å². The summed E-state index contributed by atoms with van der Waals surface area (Å²) >= 11 is 0. The molecule has 2 fully saturated rings. The molecule has 8 heteroatoms. The van der Waals surface area contributed by atoms with Crippen molar-refractivity contribution in [1.82, 2.24) is 25.0 Å². The van der Waals surface area contributed by atoms with E-state index in [1.807, 2.05) is 41.3 Å². The lowest BCUT2D eigenvalue weighted by Gasteiger charge is -2.39. The molecule has 2 aliphatic heterocycles. The Morgan fingerprint density at radius 1 is 1.03 bits per heavy atom. The molecule has 2 aromatic heterocycles. The van der Waals surface area contributed by atoms with Crippen LogP contribution in [0.3, 0.4) is 0 Å². The number of piperidine rings is 1. The van der Waals surface area contributed by atoms with E-state index in [0.29, 0.717) is 11.9 Å². The lowest BCUT2D eigenvalue weighted by molar-refractivity contribution is 0.00419. The van der Waals surface area contributed by atoms with Crippen LogP contribution >= 0.6 is 0 Å². The van der Waals surface area contributed by atoms with Gasteiger partial charge in [0, 0.05) is 55.6 Å². The Kier molecular flexibility index (Phi) is 5.73. The molecule has 5 rings (SSSR count). The van der Waals surface area contributed by atoms with Gasteiger partial charge >= 0.3 is 6.03 Å². The third-order valence-corrected chi connectivity index (χ3v) is 6.14. The first-order chi connectivity index (χ1) is 15.3. The molecule has 4 heterocycles. The SMILES string of the molecule is O=C(Nc1cc2cc(-c3cccnn3)ccc2cn1)N1CCC(N2CCOCC2)CC1. The number of aromatic nitrogens is 3. The normalized spacial score (nSPS) is 18.3. The van der Waals surface area contributed by atoms with Crippen LogP contribution in [0.1, 0.15) is 12.8 Å². The van der Waals surface area contributed by atoms with Gasteiger partial charge in [-0.05, 0) is 42.5 Å². The fourth-order valence-electron chi connectivity index (χ4n) is 4.39. The number of urea groups is 1.